The van der Waals surface area contributed by atoms with Crippen molar-refractivity contribution in [2.75, 3.05) is 62.7 Å². The highest BCUT2D eigenvalue weighted by molar-refractivity contribution is 6.07. The van der Waals surface area contributed by atoms with E-state index in [1.54, 1.807) is 36.4 Å². The first kappa shape index (κ1) is 26.9. The first-order valence-corrected chi connectivity index (χ1v) is 10.1. The Morgan fingerprint density at radius 1 is 0.676 bits per heavy atom. The summed E-state index contributed by atoms with van der Waals surface area (Å²) in [5.74, 6) is 1.52. The molecule has 2 aromatic carbocycles. The van der Waals surface area contributed by atoms with E-state index >= 15 is 0 Å². The number of allylic oxidation sites excluding steroid dienone is 1. The first-order chi connectivity index (χ1) is 16.6. The lowest BCUT2D eigenvalue weighted by molar-refractivity contribution is 0.0217. The fraction of sp³-hybridized carbons (Fsp3) is 0.375. The smallest absolute Gasteiger partial charge is 0.206 e. The van der Waals surface area contributed by atoms with Crippen molar-refractivity contribution >= 4 is 11.9 Å². The fourth-order valence-electron chi connectivity index (χ4n) is 2.74. The summed E-state index contributed by atoms with van der Waals surface area (Å²) < 4.78 is 47.4. The molecule has 34 heavy (non-hydrogen) atoms. The average molecular weight is 478 g/mol. The van der Waals surface area contributed by atoms with Crippen LogP contribution in [0.1, 0.15) is 15.9 Å². The molecule has 0 aliphatic heterocycles. The lowest BCUT2D eigenvalue weighted by Crippen LogP contribution is -2.09. The summed E-state index contributed by atoms with van der Waals surface area (Å²) in [6.45, 7) is -0.0729. The summed E-state index contributed by atoms with van der Waals surface area (Å²) in [4.78, 5) is 13.0. The topological polar surface area (TPSA) is 100 Å². The van der Waals surface area contributed by atoms with Gasteiger partial charge in [0.2, 0.25) is 5.75 Å². The first-order valence-electron chi connectivity index (χ1n) is 10.1. The summed E-state index contributed by atoms with van der Waals surface area (Å²) >= 11 is 0. The SMILES string of the molecule is COCOc1ccc(/C=C/C(=O)c2cc(OCOC)c(OCOC)c(OCOC)c2)cc1OC. The van der Waals surface area contributed by atoms with Crippen LogP contribution in [0.25, 0.3) is 6.08 Å². The third kappa shape index (κ3) is 7.92. The second kappa shape index (κ2) is 14.8. The zero-order valence-corrected chi connectivity index (χ0v) is 20.0. The van der Waals surface area contributed by atoms with Crippen LogP contribution < -0.4 is 23.7 Å². The van der Waals surface area contributed by atoms with Gasteiger partial charge in [-0.15, -0.1) is 0 Å². The van der Waals surface area contributed by atoms with Gasteiger partial charge < -0.3 is 42.6 Å². The molecule has 0 unspecified atom stereocenters. The monoisotopic (exact) mass is 478 g/mol. The second-order valence-corrected chi connectivity index (χ2v) is 6.61. The Bertz CT molecular complexity index is 912. The molecule has 2 aromatic rings. The van der Waals surface area contributed by atoms with Crippen LogP contribution in [-0.4, -0.2) is 68.5 Å². The van der Waals surface area contributed by atoms with Crippen LogP contribution in [-0.2, 0) is 18.9 Å². The van der Waals surface area contributed by atoms with Gasteiger partial charge in [-0.2, -0.15) is 0 Å². The number of rotatable bonds is 16. The van der Waals surface area contributed by atoms with Crippen molar-refractivity contribution in [2.24, 2.45) is 0 Å². The van der Waals surface area contributed by atoms with Crippen molar-refractivity contribution in [3.8, 4) is 28.7 Å². The van der Waals surface area contributed by atoms with Gasteiger partial charge in [0.15, 0.2) is 56.0 Å². The maximum atomic E-state index is 13.0. The van der Waals surface area contributed by atoms with Gasteiger partial charge >= 0.3 is 0 Å². The number of methoxy groups -OCH3 is 5. The molecular formula is C24H30O10. The van der Waals surface area contributed by atoms with E-state index < -0.39 is 0 Å². The highest BCUT2D eigenvalue weighted by Gasteiger charge is 2.18. The quantitative estimate of drug-likeness (QED) is 0.202. The van der Waals surface area contributed by atoms with E-state index in [1.807, 2.05) is 0 Å². The largest absolute Gasteiger partial charge is 0.493 e. The molecule has 0 amide bonds. The van der Waals surface area contributed by atoms with Crippen molar-refractivity contribution in [2.45, 2.75) is 0 Å². The molecule has 2 rings (SSSR count). The molecule has 0 atom stereocenters. The highest BCUT2D eigenvalue weighted by Crippen LogP contribution is 2.39. The van der Waals surface area contributed by atoms with E-state index in [-0.39, 0.29) is 50.2 Å². The van der Waals surface area contributed by atoms with Gasteiger partial charge in [0.05, 0.1) is 7.11 Å². The molecule has 0 heterocycles. The van der Waals surface area contributed by atoms with Crippen LogP contribution >= 0.6 is 0 Å². The van der Waals surface area contributed by atoms with E-state index in [0.29, 0.717) is 17.1 Å². The molecule has 186 valence electrons. The number of hydrogen-bond acceptors (Lipinski definition) is 10. The van der Waals surface area contributed by atoms with Crippen LogP contribution in [0.2, 0.25) is 0 Å². The summed E-state index contributed by atoms with van der Waals surface area (Å²) in [6, 6.07) is 8.35. The maximum absolute atomic E-state index is 13.0. The van der Waals surface area contributed by atoms with Gasteiger partial charge in [0.25, 0.3) is 0 Å². The zero-order valence-electron chi connectivity index (χ0n) is 20.0. The summed E-state index contributed by atoms with van der Waals surface area (Å²) in [5, 5.41) is 0. The number of benzene rings is 2. The van der Waals surface area contributed by atoms with Crippen molar-refractivity contribution in [3.05, 3.63) is 47.5 Å². The summed E-state index contributed by atoms with van der Waals surface area (Å²) in [5.41, 5.74) is 1.05. The zero-order chi connectivity index (χ0) is 24.8. The third-order valence-electron chi connectivity index (χ3n) is 4.24. The molecule has 10 heteroatoms. The molecule has 0 aliphatic carbocycles. The van der Waals surface area contributed by atoms with Gasteiger partial charge in [0.1, 0.15) is 0 Å². The molecule has 0 radical (unpaired) electrons. The Hall–Kier alpha value is -3.31. The predicted molar refractivity (Wildman–Crippen MR) is 123 cm³/mol. The second-order valence-electron chi connectivity index (χ2n) is 6.61. The Morgan fingerprint density at radius 3 is 1.74 bits per heavy atom. The molecule has 0 fully saturated rings. The van der Waals surface area contributed by atoms with Crippen molar-refractivity contribution < 1.29 is 47.4 Å². The molecule has 0 saturated carbocycles. The molecule has 0 aromatic heterocycles. The molecule has 0 aliphatic rings. The standard InChI is InChI=1S/C24H30O10/c1-26-13-31-20-9-7-17(10-21(20)30-5)6-8-19(25)18-11-22(32-14-27-2)24(34-16-29-4)23(12-18)33-15-28-3/h6-12H,13-16H2,1-5H3/b8-6+. The normalized spacial score (nSPS) is 10.9. The number of hydrogen-bond donors (Lipinski definition) is 0. The molecule has 0 spiro atoms. The Morgan fingerprint density at radius 2 is 1.21 bits per heavy atom. The third-order valence-corrected chi connectivity index (χ3v) is 4.24. The van der Waals surface area contributed by atoms with Crippen LogP contribution in [0.3, 0.4) is 0 Å². The highest BCUT2D eigenvalue weighted by atomic mass is 16.7. The van der Waals surface area contributed by atoms with Crippen LogP contribution in [0, 0.1) is 0 Å². The maximum Gasteiger partial charge on any atom is 0.206 e. The number of carbonyl (C=O) groups excluding carboxylic acids is 1. The van der Waals surface area contributed by atoms with Crippen molar-refractivity contribution in [1.82, 2.24) is 0 Å². The van der Waals surface area contributed by atoms with Crippen molar-refractivity contribution in [3.63, 3.8) is 0 Å². The van der Waals surface area contributed by atoms with E-state index in [4.69, 9.17) is 42.6 Å². The van der Waals surface area contributed by atoms with Crippen LogP contribution in [0.4, 0.5) is 0 Å². The fourth-order valence-corrected chi connectivity index (χ4v) is 2.74. The van der Waals surface area contributed by atoms with Gasteiger partial charge in [-0.25, -0.2) is 0 Å². The minimum Gasteiger partial charge on any atom is -0.493 e. The van der Waals surface area contributed by atoms with Gasteiger partial charge in [-0.1, -0.05) is 12.1 Å². The average Bonchev–Trinajstić information content (AvgIpc) is 2.86. The predicted octanol–water partition coefficient (Wildman–Crippen LogP) is 3.52. The lowest BCUT2D eigenvalue weighted by atomic mass is 10.1. The lowest BCUT2D eigenvalue weighted by Gasteiger charge is -2.17. The molecule has 10 nitrogen and oxygen atoms in total. The van der Waals surface area contributed by atoms with Gasteiger partial charge in [0, 0.05) is 34.0 Å². The van der Waals surface area contributed by atoms with Crippen molar-refractivity contribution in [1.29, 1.82) is 0 Å². The molecule has 0 N–H and O–H groups in total. The molecule has 0 saturated heterocycles. The minimum absolute atomic E-state index is 0.0498. The minimum atomic E-state index is -0.290. The Balaban J connectivity index is 2.33. The van der Waals surface area contributed by atoms with E-state index in [0.717, 1.165) is 5.56 Å². The number of ketones is 1. The van der Waals surface area contributed by atoms with E-state index in [1.165, 1.54) is 41.6 Å². The van der Waals surface area contributed by atoms with Crippen LogP contribution in [0.15, 0.2) is 36.4 Å². The number of ether oxygens (including phenoxy) is 9. The van der Waals surface area contributed by atoms with E-state index in [2.05, 4.69) is 0 Å². The molecule has 0 bridgehead atoms. The van der Waals surface area contributed by atoms with E-state index in [9.17, 15) is 4.79 Å². The summed E-state index contributed by atoms with van der Waals surface area (Å²) in [7, 11) is 7.51. The Kier molecular flexibility index (Phi) is 11.7. The molecular weight excluding hydrogens is 448 g/mol. The van der Waals surface area contributed by atoms with Crippen LogP contribution in [0.5, 0.6) is 28.7 Å². The number of carbonyl (C=O) groups is 1. The van der Waals surface area contributed by atoms with Gasteiger partial charge in [-0.05, 0) is 35.9 Å². The Labute approximate surface area is 198 Å². The summed E-state index contributed by atoms with van der Waals surface area (Å²) in [6.07, 6.45) is 3.08. The van der Waals surface area contributed by atoms with Gasteiger partial charge in [-0.3, -0.25) is 4.79 Å².